The molecule has 5 nitrogen and oxygen atoms in total. The van der Waals surface area contributed by atoms with Crippen LogP contribution in [-0.4, -0.2) is 42.3 Å². The van der Waals surface area contributed by atoms with Crippen LogP contribution in [0.1, 0.15) is 32.3 Å². The third-order valence-electron chi connectivity index (χ3n) is 3.65. The summed E-state index contributed by atoms with van der Waals surface area (Å²) in [5, 5.41) is 3.24. The second-order valence-corrected chi connectivity index (χ2v) is 5.17. The number of aryl methyl sites for hydroxylation is 1. The van der Waals surface area contributed by atoms with Gasteiger partial charge in [-0.2, -0.15) is 4.98 Å². The number of nitrogens with zero attached hydrogens (tertiary/aromatic N) is 3. The lowest BCUT2D eigenvalue weighted by atomic mass is 10.1. The van der Waals surface area contributed by atoms with Crippen molar-refractivity contribution in [3.63, 3.8) is 0 Å². The monoisotopic (exact) mass is 264 g/mol. The summed E-state index contributed by atoms with van der Waals surface area (Å²) < 4.78 is 5.64. The number of ether oxygens (including phenoxy) is 1. The quantitative estimate of drug-likeness (QED) is 0.883. The average Bonchev–Trinajstić information content (AvgIpc) is 2.83. The molecule has 1 aromatic heterocycles. The summed E-state index contributed by atoms with van der Waals surface area (Å²) in [6.07, 6.45) is 4.26. The number of likely N-dealkylation sites (N-methyl/N-ethyl adjacent to an activating group) is 1. The first-order valence-electron chi connectivity index (χ1n) is 7.05. The first kappa shape index (κ1) is 14.1. The van der Waals surface area contributed by atoms with Crippen LogP contribution in [0.4, 0.5) is 11.8 Å². The van der Waals surface area contributed by atoms with E-state index in [1.54, 1.807) is 0 Å². The minimum atomic E-state index is 0.256. The summed E-state index contributed by atoms with van der Waals surface area (Å²) >= 11 is 0. The van der Waals surface area contributed by atoms with Gasteiger partial charge >= 0.3 is 0 Å². The Morgan fingerprint density at radius 1 is 1.53 bits per heavy atom. The smallest absolute Gasteiger partial charge is 0.224 e. The molecule has 1 N–H and O–H groups in total. The zero-order chi connectivity index (χ0) is 13.8. The summed E-state index contributed by atoms with van der Waals surface area (Å²) in [6.45, 7) is 8.04. The molecule has 0 aliphatic carbocycles. The van der Waals surface area contributed by atoms with Crippen LogP contribution >= 0.6 is 0 Å². The molecule has 2 rings (SSSR count). The van der Waals surface area contributed by atoms with Crippen LogP contribution in [0.2, 0.25) is 0 Å². The molecule has 0 aromatic carbocycles. The lowest BCUT2D eigenvalue weighted by Gasteiger charge is -2.29. The molecule has 2 heterocycles. The van der Waals surface area contributed by atoms with Gasteiger partial charge in [-0.05, 0) is 26.7 Å². The predicted octanol–water partition coefficient (Wildman–Crippen LogP) is 2.22. The Morgan fingerprint density at radius 3 is 2.95 bits per heavy atom. The third kappa shape index (κ3) is 3.15. The van der Waals surface area contributed by atoms with Gasteiger partial charge in [0.15, 0.2) is 0 Å². The van der Waals surface area contributed by atoms with Crippen molar-refractivity contribution in [2.24, 2.45) is 0 Å². The number of anilines is 2. The molecule has 2 unspecified atom stereocenters. The highest BCUT2D eigenvalue weighted by atomic mass is 16.5. The van der Waals surface area contributed by atoms with E-state index in [-0.39, 0.29) is 6.10 Å². The van der Waals surface area contributed by atoms with E-state index in [0.29, 0.717) is 12.0 Å². The lowest BCUT2D eigenvalue weighted by molar-refractivity contribution is 0.118. The minimum Gasteiger partial charge on any atom is -0.376 e. The molecular formula is C14H24N4O. The molecular weight excluding hydrogens is 240 g/mol. The second-order valence-electron chi connectivity index (χ2n) is 5.17. The number of aromatic nitrogens is 2. The molecule has 5 heteroatoms. The Labute approximate surface area is 115 Å². The van der Waals surface area contributed by atoms with Crippen molar-refractivity contribution in [2.45, 2.75) is 45.8 Å². The highest BCUT2D eigenvalue weighted by Crippen LogP contribution is 2.25. The first-order chi connectivity index (χ1) is 9.13. The maximum atomic E-state index is 5.64. The van der Waals surface area contributed by atoms with Gasteiger partial charge < -0.3 is 15.0 Å². The van der Waals surface area contributed by atoms with Crippen LogP contribution in [0.5, 0.6) is 0 Å². The minimum absolute atomic E-state index is 0.256. The van der Waals surface area contributed by atoms with Gasteiger partial charge in [0.25, 0.3) is 0 Å². The zero-order valence-electron chi connectivity index (χ0n) is 12.3. The summed E-state index contributed by atoms with van der Waals surface area (Å²) in [5.74, 6) is 1.71. The van der Waals surface area contributed by atoms with E-state index in [9.17, 15) is 0 Å². The van der Waals surface area contributed by atoms with Crippen molar-refractivity contribution >= 4 is 11.8 Å². The van der Waals surface area contributed by atoms with E-state index in [1.165, 1.54) is 0 Å². The predicted molar refractivity (Wildman–Crippen MR) is 77.8 cm³/mol. The number of hydrogen-bond donors (Lipinski definition) is 1. The maximum Gasteiger partial charge on any atom is 0.224 e. The number of rotatable bonds is 5. The van der Waals surface area contributed by atoms with Gasteiger partial charge in [-0.25, -0.2) is 4.98 Å². The normalized spacial score (nSPS) is 22.5. The van der Waals surface area contributed by atoms with Crippen molar-refractivity contribution in [3.05, 3.63) is 11.8 Å². The Kier molecular flexibility index (Phi) is 4.58. The number of hydrogen-bond acceptors (Lipinski definition) is 5. The van der Waals surface area contributed by atoms with Gasteiger partial charge in [-0.15, -0.1) is 0 Å². The third-order valence-corrected chi connectivity index (χ3v) is 3.65. The van der Waals surface area contributed by atoms with E-state index in [1.807, 2.05) is 6.20 Å². The molecule has 106 valence electrons. The van der Waals surface area contributed by atoms with Gasteiger partial charge in [0, 0.05) is 32.0 Å². The Bertz CT molecular complexity index is 424. The van der Waals surface area contributed by atoms with E-state index in [0.717, 1.165) is 37.4 Å². The molecule has 0 spiro atoms. The molecule has 1 aliphatic heterocycles. The van der Waals surface area contributed by atoms with Crippen LogP contribution in [0.25, 0.3) is 0 Å². The standard InChI is InChI=1S/C14H24N4O/c1-5-7-15-14-16-9-10(2)13(17-14)18(4)12-6-8-19-11(12)3/h9,11-12H,5-8H2,1-4H3,(H,15,16,17). The highest BCUT2D eigenvalue weighted by Gasteiger charge is 2.29. The molecule has 0 saturated carbocycles. The molecule has 1 saturated heterocycles. The molecule has 1 aromatic rings. The van der Waals surface area contributed by atoms with Gasteiger partial charge in [0.1, 0.15) is 5.82 Å². The molecule has 0 bridgehead atoms. The molecule has 1 aliphatic rings. The molecule has 19 heavy (non-hydrogen) atoms. The fourth-order valence-electron chi connectivity index (χ4n) is 2.50. The largest absolute Gasteiger partial charge is 0.376 e. The van der Waals surface area contributed by atoms with Crippen molar-refractivity contribution in [2.75, 3.05) is 30.4 Å². The topological polar surface area (TPSA) is 50.3 Å². The van der Waals surface area contributed by atoms with Crippen molar-refractivity contribution in [1.82, 2.24) is 9.97 Å². The van der Waals surface area contributed by atoms with Crippen LogP contribution in [0.15, 0.2) is 6.20 Å². The second kappa shape index (κ2) is 6.19. The molecule has 1 fully saturated rings. The van der Waals surface area contributed by atoms with Gasteiger partial charge in [0.05, 0.1) is 12.1 Å². The maximum absolute atomic E-state index is 5.64. The fraction of sp³-hybridized carbons (Fsp3) is 0.714. The summed E-state index contributed by atoms with van der Waals surface area (Å²) in [5.41, 5.74) is 1.10. The lowest BCUT2D eigenvalue weighted by Crippen LogP contribution is -2.37. The summed E-state index contributed by atoms with van der Waals surface area (Å²) in [7, 11) is 2.09. The number of nitrogens with one attached hydrogen (secondary N) is 1. The van der Waals surface area contributed by atoms with Crippen molar-refractivity contribution in [3.8, 4) is 0 Å². The van der Waals surface area contributed by atoms with E-state index in [2.05, 4.69) is 48.0 Å². The SMILES string of the molecule is CCCNc1ncc(C)c(N(C)C2CCOC2C)n1. The van der Waals surface area contributed by atoms with Crippen LogP contribution in [0.3, 0.4) is 0 Å². The van der Waals surface area contributed by atoms with Gasteiger partial charge in [0.2, 0.25) is 5.95 Å². The zero-order valence-corrected chi connectivity index (χ0v) is 12.3. The van der Waals surface area contributed by atoms with E-state index < -0.39 is 0 Å². The Balaban J connectivity index is 2.17. The van der Waals surface area contributed by atoms with E-state index in [4.69, 9.17) is 4.74 Å². The van der Waals surface area contributed by atoms with Crippen LogP contribution < -0.4 is 10.2 Å². The van der Waals surface area contributed by atoms with Crippen molar-refractivity contribution in [1.29, 1.82) is 0 Å². The first-order valence-corrected chi connectivity index (χ1v) is 7.05. The average molecular weight is 264 g/mol. The van der Waals surface area contributed by atoms with E-state index >= 15 is 0 Å². The van der Waals surface area contributed by atoms with Crippen molar-refractivity contribution < 1.29 is 4.74 Å². The van der Waals surface area contributed by atoms with Crippen LogP contribution in [-0.2, 0) is 4.74 Å². The molecule has 2 atom stereocenters. The summed E-state index contributed by atoms with van der Waals surface area (Å²) in [4.78, 5) is 11.2. The summed E-state index contributed by atoms with van der Waals surface area (Å²) in [6, 6.07) is 0.396. The highest BCUT2D eigenvalue weighted by molar-refractivity contribution is 5.49. The fourth-order valence-corrected chi connectivity index (χ4v) is 2.50. The Morgan fingerprint density at radius 2 is 2.32 bits per heavy atom. The Hall–Kier alpha value is -1.36. The molecule has 0 radical (unpaired) electrons. The van der Waals surface area contributed by atoms with Gasteiger partial charge in [-0.1, -0.05) is 6.92 Å². The van der Waals surface area contributed by atoms with Crippen LogP contribution in [0, 0.1) is 6.92 Å². The molecule has 0 amide bonds. The van der Waals surface area contributed by atoms with Gasteiger partial charge in [-0.3, -0.25) is 0 Å².